The molecule has 2 aromatic carbocycles. The van der Waals surface area contributed by atoms with E-state index in [2.05, 4.69) is 16.9 Å². The first-order chi connectivity index (χ1) is 18.0. The first kappa shape index (κ1) is 27.6. The lowest BCUT2D eigenvalue weighted by Crippen LogP contribution is -2.49. The van der Waals surface area contributed by atoms with Gasteiger partial charge in [-0.15, -0.1) is 11.7 Å². The van der Waals surface area contributed by atoms with E-state index in [-0.39, 0.29) is 42.5 Å². The summed E-state index contributed by atoms with van der Waals surface area (Å²) in [5, 5.41) is 8.10. The molecule has 4 rings (SSSR count). The molecule has 1 fully saturated rings. The van der Waals surface area contributed by atoms with Crippen molar-refractivity contribution in [3.63, 3.8) is 0 Å². The van der Waals surface area contributed by atoms with Gasteiger partial charge in [0, 0.05) is 12.7 Å². The van der Waals surface area contributed by atoms with Gasteiger partial charge in [-0.05, 0) is 38.1 Å². The summed E-state index contributed by atoms with van der Waals surface area (Å²) in [6.45, 7) is 7.00. The Labute approximate surface area is 222 Å². The fraction of sp³-hybridized carbons (Fsp3) is 0.320. The Morgan fingerprint density at radius 1 is 1.03 bits per heavy atom. The zero-order valence-electron chi connectivity index (χ0n) is 21.1. The Bertz CT molecular complexity index is 1520. The standard InChI is InChI=1S/C25H29N5O6S2/c1-4-13-29(37(32,33)23-9-5-19(2)6-10-23)15-21-14-28(27-26-21)16-22-17-30(18-25(31)36-22)38(34,35)24-11-7-20(3)8-12-24/h4-12,14,22H,1,13,15-18H2,2-3H3. The van der Waals surface area contributed by atoms with Gasteiger partial charge < -0.3 is 4.74 Å². The van der Waals surface area contributed by atoms with Crippen LogP contribution in [0.1, 0.15) is 16.8 Å². The van der Waals surface area contributed by atoms with Crippen LogP contribution >= 0.6 is 0 Å². The van der Waals surface area contributed by atoms with Crippen molar-refractivity contribution in [2.24, 2.45) is 0 Å². The number of morpholine rings is 1. The second kappa shape index (κ2) is 11.2. The average molecular weight is 560 g/mol. The van der Waals surface area contributed by atoms with Crippen molar-refractivity contribution in [2.75, 3.05) is 19.6 Å². The maximum absolute atomic E-state index is 13.2. The minimum Gasteiger partial charge on any atom is -0.458 e. The second-order valence-corrected chi connectivity index (χ2v) is 12.9. The lowest BCUT2D eigenvalue weighted by Gasteiger charge is -2.31. The van der Waals surface area contributed by atoms with Gasteiger partial charge in [-0.2, -0.15) is 8.61 Å². The summed E-state index contributed by atoms with van der Waals surface area (Å²) in [7, 11) is -7.71. The number of hydrogen-bond donors (Lipinski definition) is 0. The first-order valence-corrected chi connectivity index (χ1v) is 14.7. The maximum atomic E-state index is 13.2. The highest BCUT2D eigenvalue weighted by Gasteiger charge is 2.35. The molecule has 0 radical (unpaired) electrons. The number of ether oxygens (including phenoxy) is 1. The fourth-order valence-corrected chi connectivity index (χ4v) is 6.77. The van der Waals surface area contributed by atoms with Gasteiger partial charge in [-0.1, -0.05) is 46.7 Å². The zero-order chi connectivity index (χ0) is 27.5. The third-order valence-corrected chi connectivity index (χ3v) is 9.63. The Hall–Kier alpha value is -3.39. The van der Waals surface area contributed by atoms with Gasteiger partial charge in [0.2, 0.25) is 20.0 Å². The molecule has 1 saturated heterocycles. The third-order valence-electron chi connectivity index (χ3n) is 5.98. The van der Waals surface area contributed by atoms with Crippen LogP contribution in [-0.2, 0) is 42.7 Å². The number of esters is 1. The number of carbonyl (C=O) groups is 1. The maximum Gasteiger partial charge on any atom is 0.321 e. The molecule has 38 heavy (non-hydrogen) atoms. The lowest BCUT2D eigenvalue weighted by molar-refractivity contribution is -0.156. The van der Waals surface area contributed by atoms with E-state index in [1.807, 2.05) is 13.8 Å². The van der Waals surface area contributed by atoms with E-state index >= 15 is 0 Å². The highest BCUT2D eigenvalue weighted by Crippen LogP contribution is 2.21. The molecule has 0 spiro atoms. The minimum atomic E-state index is -3.89. The van der Waals surface area contributed by atoms with Crippen LogP contribution in [0.3, 0.4) is 0 Å². The van der Waals surface area contributed by atoms with Crippen molar-refractivity contribution in [1.29, 1.82) is 0 Å². The number of rotatable bonds is 10. The molecule has 1 unspecified atom stereocenters. The van der Waals surface area contributed by atoms with Gasteiger partial charge >= 0.3 is 5.97 Å². The molecule has 1 aliphatic rings. The lowest BCUT2D eigenvalue weighted by atomic mass is 10.2. The normalized spacial score (nSPS) is 16.9. The van der Waals surface area contributed by atoms with Crippen LogP contribution in [0.25, 0.3) is 0 Å². The topological polar surface area (TPSA) is 132 Å². The van der Waals surface area contributed by atoms with Gasteiger partial charge in [0.15, 0.2) is 0 Å². The SMILES string of the molecule is C=CCN(Cc1cn(CC2CN(S(=O)(=O)c3ccc(C)cc3)CC(=O)O2)nn1)S(=O)(=O)c1ccc(C)cc1. The molecule has 202 valence electrons. The average Bonchev–Trinajstić information content (AvgIpc) is 3.30. The zero-order valence-corrected chi connectivity index (χ0v) is 22.7. The van der Waals surface area contributed by atoms with Crippen LogP contribution in [0.15, 0.2) is 77.2 Å². The smallest absolute Gasteiger partial charge is 0.321 e. The predicted octanol–water partition coefficient (Wildman–Crippen LogP) is 1.89. The largest absolute Gasteiger partial charge is 0.458 e. The number of aromatic nitrogens is 3. The molecule has 0 bridgehead atoms. The van der Waals surface area contributed by atoms with Gasteiger partial charge in [0.1, 0.15) is 12.6 Å². The summed E-state index contributed by atoms with van der Waals surface area (Å²) in [5.74, 6) is -0.668. The number of carbonyl (C=O) groups excluding carboxylic acids is 1. The van der Waals surface area contributed by atoms with E-state index in [0.717, 1.165) is 15.4 Å². The summed E-state index contributed by atoms with van der Waals surface area (Å²) < 4.78 is 61.6. The molecule has 2 heterocycles. The van der Waals surface area contributed by atoms with Crippen molar-refractivity contribution >= 4 is 26.0 Å². The van der Waals surface area contributed by atoms with Crippen molar-refractivity contribution in [3.8, 4) is 0 Å². The summed E-state index contributed by atoms with van der Waals surface area (Å²) in [5.41, 5.74) is 2.23. The molecular formula is C25H29N5O6S2. The quantitative estimate of drug-likeness (QED) is 0.272. The third kappa shape index (κ3) is 6.18. The van der Waals surface area contributed by atoms with Crippen LogP contribution in [0.4, 0.5) is 0 Å². The molecule has 1 aromatic heterocycles. The van der Waals surface area contributed by atoms with E-state index in [1.165, 1.54) is 27.2 Å². The van der Waals surface area contributed by atoms with Gasteiger partial charge in [0.05, 0.1) is 35.1 Å². The Morgan fingerprint density at radius 3 is 2.24 bits per heavy atom. The molecule has 0 N–H and O–H groups in total. The Morgan fingerprint density at radius 2 is 1.63 bits per heavy atom. The van der Waals surface area contributed by atoms with E-state index in [0.29, 0.717) is 5.69 Å². The summed E-state index contributed by atoms with van der Waals surface area (Å²) in [4.78, 5) is 12.5. The van der Waals surface area contributed by atoms with Crippen LogP contribution in [-0.4, -0.2) is 72.1 Å². The van der Waals surface area contributed by atoms with Gasteiger partial charge in [-0.3, -0.25) is 4.79 Å². The molecule has 13 heteroatoms. The van der Waals surface area contributed by atoms with Gasteiger partial charge in [0.25, 0.3) is 0 Å². The van der Waals surface area contributed by atoms with Crippen LogP contribution < -0.4 is 0 Å². The molecule has 0 amide bonds. The second-order valence-electron chi connectivity index (χ2n) is 9.05. The van der Waals surface area contributed by atoms with Crippen molar-refractivity contribution in [1.82, 2.24) is 23.6 Å². The predicted molar refractivity (Wildman–Crippen MR) is 139 cm³/mol. The summed E-state index contributed by atoms with van der Waals surface area (Å²) >= 11 is 0. The summed E-state index contributed by atoms with van der Waals surface area (Å²) in [6.07, 6.45) is 2.23. The minimum absolute atomic E-state index is 0.0465. The van der Waals surface area contributed by atoms with Crippen LogP contribution in [0.5, 0.6) is 0 Å². The van der Waals surface area contributed by atoms with Crippen LogP contribution in [0.2, 0.25) is 0 Å². The molecule has 0 saturated carbocycles. The van der Waals surface area contributed by atoms with E-state index in [9.17, 15) is 21.6 Å². The number of aryl methyl sites for hydroxylation is 2. The van der Waals surface area contributed by atoms with E-state index in [1.54, 1.807) is 42.6 Å². The molecule has 1 aliphatic heterocycles. The molecule has 3 aromatic rings. The fourth-order valence-electron chi connectivity index (χ4n) is 3.97. The Kier molecular flexibility index (Phi) is 8.11. The first-order valence-electron chi connectivity index (χ1n) is 11.8. The van der Waals surface area contributed by atoms with E-state index in [4.69, 9.17) is 4.74 Å². The molecule has 0 aliphatic carbocycles. The number of sulfonamides is 2. The monoisotopic (exact) mass is 559 g/mol. The highest BCUT2D eigenvalue weighted by molar-refractivity contribution is 7.89. The van der Waals surface area contributed by atoms with Crippen molar-refractivity contribution in [2.45, 2.75) is 42.8 Å². The molecule has 1 atom stereocenters. The summed E-state index contributed by atoms with van der Waals surface area (Å²) in [6, 6.07) is 12.9. The van der Waals surface area contributed by atoms with E-state index < -0.39 is 32.1 Å². The van der Waals surface area contributed by atoms with Crippen molar-refractivity contribution in [3.05, 3.63) is 84.2 Å². The van der Waals surface area contributed by atoms with Crippen LogP contribution in [0, 0.1) is 13.8 Å². The number of benzene rings is 2. The number of cyclic esters (lactones) is 1. The highest BCUT2D eigenvalue weighted by atomic mass is 32.2. The Balaban J connectivity index is 1.47. The van der Waals surface area contributed by atoms with Crippen molar-refractivity contribution < 1.29 is 26.4 Å². The number of nitrogens with zero attached hydrogens (tertiary/aromatic N) is 5. The molecular weight excluding hydrogens is 530 g/mol. The molecule has 11 nitrogen and oxygen atoms in total. The number of hydrogen-bond acceptors (Lipinski definition) is 8. The van der Waals surface area contributed by atoms with Gasteiger partial charge in [-0.25, -0.2) is 21.5 Å².